The zero-order valence-corrected chi connectivity index (χ0v) is 82.5. The summed E-state index contributed by atoms with van der Waals surface area (Å²) in [5, 5.41) is 59.1. The summed E-state index contributed by atoms with van der Waals surface area (Å²) < 4.78 is 148. The molecule has 0 saturated carbocycles. The van der Waals surface area contributed by atoms with Crippen molar-refractivity contribution in [1.29, 1.82) is 10.5 Å². The van der Waals surface area contributed by atoms with Gasteiger partial charge in [0.2, 0.25) is 0 Å². The molecule has 144 heavy (non-hydrogen) atoms. The Hall–Kier alpha value is -14.4. The fraction of sp³-hybridized carbons (Fsp3) is 0.293. The number of halogens is 4. The molecular formula is C116H114F4N6O16S2. The highest BCUT2D eigenvalue weighted by atomic mass is 32.2. The minimum atomic E-state index is -3.40. The number of phenols is 4. The number of hydrogen-bond donors (Lipinski definition) is 4. The maximum atomic E-state index is 12.6. The predicted octanol–water partition coefficient (Wildman–Crippen LogP) is 21.5. The van der Waals surface area contributed by atoms with Crippen molar-refractivity contribution < 1.29 is 92.7 Å². The number of benzene rings is 12. The largest absolute Gasteiger partial charge is 0.508 e. The summed E-state index contributed by atoms with van der Waals surface area (Å²) in [6.45, 7) is 18.6. The fourth-order valence-electron chi connectivity index (χ4n) is 19.4. The van der Waals surface area contributed by atoms with Crippen molar-refractivity contribution >= 4 is 64.3 Å². The van der Waals surface area contributed by atoms with Crippen LogP contribution in [0, 0.1) is 46.3 Å². The highest BCUT2D eigenvalue weighted by Gasteiger charge is 2.38. The first-order chi connectivity index (χ1) is 69.5. The first-order valence-electron chi connectivity index (χ1n) is 48.1. The molecule has 8 heterocycles. The third kappa shape index (κ3) is 23.7. The molecule has 4 unspecified atom stereocenters. The summed E-state index contributed by atoms with van der Waals surface area (Å²) in [4.78, 5) is 9.22. The SMILES string of the molecule is CC1=C(c2ccc(S(C)(=O)=O)cc2)C(c2ccc(OCCN3CC(CF)C3)cc2)Oc2ccc(O)cc21.CC1=C(c2cccc(C#N)c2)C(c2ccc(OCCN3CC(CF)C3)cc2)Oc2cc(O)ccc21.CC1=C(c2cccc(C#N)c2)C(c2ccc(OCCN3CC(CF)C3)cc2)Oc2ccc(O)cc21.CC1=C(c2cccc(S(C)(=O)=O)c2)C(c2ccc(OCCN3CC(CF)C3)cc2)Oc2ccc(O)cc21. The number of nitriles is 2. The summed E-state index contributed by atoms with van der Waals surface area (Å²) in [5.74, 6) is 6.91. The van der Waals surface area contributed by atoms with Crippen LogP contribution in [-0.2, 0) is 19.7 Å². The molecule has 8 aliphatic rings. The Morgan fingerprint density at radius 3 is 0.896 bits per heavy atom. The molecule has 28 heteroatoms. The standard InChI is InChI=1S/2C29H27FN2O3.2C29H30FNO5S/c1-19-26-14-24(33)7-10-27(26)35-29(28(19)23-4-2-3-20(13-23)16-31)22-5-8-25(9-6-22)34-12-11-32-17-21(15-30)18-32;1-19-26-10-7-24(33)14-27(26)35-29(28(19)23-4-2-3-20(13-23)16-31)22-5-8-25(9-6-22)34-12-11-32-17-21(15-30)18-32;1-19-26-15-23(32)7-12-27(26)36-29(28(19)21-5-10-25(11-6-21)37(2,33)34)22-3-8-24(9-4-22)35-14-13-31-17-20(16-30)18-31;1-19-26-15-23(32)8-11-27(26)36-29(28(19)22-4-3-5-25(14-22)37(2,33)34)21-6-9-24(10-7-21)35-13-12-31-17-20(16-30)18-31/h2*2-10,13-14,21,29,33H,11-12,15,17-18H2,1H3;3-12,15,20,29,32H,13-14,16-18H2,1-2H3;3-11,14-15,20,29,32H,12-13,16-18H2,1-2H3. The number of hydrogen-bond acceptors (Lipinski definition) is 22. The Kier molecular flexibility index (Phi) is 31.7. The molecule has 0 radical (unpaired) electrons. The molecule has 22 nitrogen and oxygen atoms in total. The van der Waals surface area contributed by atoms with Crippen LogP contribution in [-0.4, -0.2) is 201 Å². The molecular weight excluding hydrogens is 1870 g/mol. The van der Waals surface area contributed by atoms with Crippen LogP contribution in [0.5, 0.6) is 69.0 Å². The first-order valence-corrected chi connectivity index (χ1v) is 51.8. The molecule has 0 aromatic heterocycles. The van der Waals surface area contributed by atoms with Gasteiger partial charge >= 0.3 is 0 Å². The zero-order valence-electron chi connectivity index (χ0n) is 80.9. The minimum absolute atomic E-state index is 0.129. The Bertz CT molecular complexity index is 7110. The fourth-order valence-corrected chi connectivity index (χ4v) is 20.7. The van der Waals surface area contributed by atoms with E-state index in [1.165, 1.54) is 12.5 Å². The zero-order chi connectivity index (χ0) is 101. The number of alkyl halides is 4. The molecule has 0 bridgehead atoms. The van der Waals surface area contributed by atoms with Gasteiger partial charge in [-0.3, -0.25) is 37.2 Å². The van der Waals surface area contributed by atoms with E-state index in [9.17, 15) is 65.3 Å². The average molecular weight is 1990 g/mol. The number of sulfone groups is 2. The lowest BCUT2D eigenvalue weighted by molar-refractivity contribution is 0.0668. The second-order valence-electron chi connectivity index (χ2n) is 37.6. The van der Waals surface area contributed by atoms with Crippen LogP contribution in [0.15, 0.2) is 277 Å². The van der Waals surface area contributed by atoms with Crippen molar-refractivity contribution in [1.82, 2.24) is 19.6 Å². The molecule has 4 fully saturated rings. The van der Waals surface area contributed by atoms with E-state index in [1.807, 2.05) is 173 Å². The number of nitrogens with zero attached hydrogens (tertiary/aromatic N) is 6. The summed E-state index contributed by atoms with van der Waals surface area (Å²) in [5.41, 5.74) is 19.1. The highest BCUT2D eigenvalue weighted by Crippen LogP contribution is 2.53. The van der Waals surface area contributed by atoms with Crippen LogP contribution in [0.1, 0.15) is 130 Å². The van der Waals surface area contributed by atoms with Crippen LogP contribution < -0.4 is 37.9 Å². The van der Waals surface area contributed by atoms with E-state index < -0.39 is 38.0 Å². The molecule has 12 aromatic rings. The van der Waals surface area contributed by atoms with Gasteiger partial charge in [0, 0.05) is 165 Å². The number of allylic oxidation sites excluding steroid dienone is 4. The van der Waals surface area contributed by atoms with Gasteiger partial charge in [0.05, 0.1) is 59.8 Å². The van der Waals surface area contributed by atoms with Gasteiger partial charge in [0.25, 0.3) is 0 Å². The molecule has 0 spiro atoms. The molecule has 4 atom stereocenters. The molecule has 8 aliphatic heterocycles. The first kappa shape index (κ1) is 101. The number of phenolic OH excluding ortho intramolecular Hbond substituents is 4. The topological polar surface area (TPSA) is 284 Å². The average Bonchev–Trinajstić information content (AvgIpc) is 0.760. The molecule has 4 N–H and O–H groups in total. The maximum Gasteiger partial charge on any atom is 0.175 e. The summed E-state index contributed by atoms with van der Waals surface area (Å²) in [6.07, 6.45) is 0.662. The van der Waals surface area contributed by atoms with Gasteiger partial charge < -0.3 is 58.3 Å². The molecule has 4 saturated heterocycles. The third-order valence-corrected chi connectivity index (χ3v) is 29.6. The van der Waals surface area contributed by atoms with E-state index >= 15 is 0 Å². The van der Waals surface area contributed by atoms with E-state index in [0.717, 1.165) is 213 Å². The Balaban J connectivity index is 0.000000132. The molecule has 0 aliphatic carbocycles. The smallest absolute Gasteiger partial charge is 0.175 e. The third-order valence-electron chi connectivity index (χ3n) is 27.3. The van der Waals surface area contributed by atoms with Gasteiger partial charge in [0.1, 0.15) is 120 Å². The van der Waals surface area contributed by atoms with Gasteiger partial charge in [-0.1, -0.05) is 97.1 Å². The number of ether oxygens (including phenoxy) is 8. The van der Waals surface area contributed by atoms with Crippen LogP contribution >= 0.6 is 0 Å². The Morgan fingerprint density at radius 1 is 0.312 bits per heavy atom. The van der Waals surface area contributed by atoms with Gasteiger partial charge in [-0.2, -0.15) is 10.5 Å². The number of likely N-dealkylation sites (tertiary alicyclic amines) is 4. The number of aromatic hydroxyl groups is 4. The molecule has 0 amide bonds. The van der Waals surface area contributed by atoms with Gasteiger partial charge in [-0.15, -0.1) is 0 Å². The van der Waals surface area contributed by atoms with Crippen molar-refractivity contribution in [2.45, 2.75) is 61.9 Å². The number of rotatable bonds is 30. The van der Waals surface area contributed by atoms with Crippen molar-refractivity contribution in [3.05, 3.63) is 345 Å². The van der Waals surface area contributed by atoms with Crippen LogP contribution in [0.3, 0.4) is 0 Å². The van der Waals surface area contributed by atoms with Gasteiger partial charge in [0.15, 0.2) is 19.7 Å². The van der Waals surface area contributed by atoms with Crippen molar-refractivity contribution in [3.8, 4) is 81.1 Å². The molecule has 12 aromatic carbocycles. The van der Waals surface area contributed by atoms with Crippen molar-refractivity contribution in [3.63, 3.8) is 0 Å². The summed E-state index contributed by atoms with van der Waals surface area (Å²) in [7, 11) is -6.71. The van der Waals surface area contributed by atoms with E-state index in [-0.39, 0.29) is 89.3 Å². The van der Waals surface area contributed by atoms with E-state index in [4.69, 9.17) is 37.9 Å². The monoisotopic (exact) mass is 1990 g/mol. The number of fused-ring (bicyclic) bond motifs is 4. The predicted molar refractivity (Wildman–Crippen MR) is 549 cm³/mol. The van der Waals surface area contributed by atoms with Crippen molar-refractivity contribution in [2.75, 3.05) is 144 Å². The Morgan fingerprint density at radius 2 is 0.590 bits per heavy atom. The normalized spacial score (nSPS) is 18.0. The Labute approximate surface area is 837 Å². The molecule has 744 valence electrons. The summed E-state index contributed by atoms with van der Waals surface area (Å²) >= 11 is 0. The lowest BCUT2D eigenvalue weighted by Crippen LogP contribution is -2.49. The summed E-state index contributed by atoms with van der Waals surface area (Å²) in [6, 6.07) is 84.5. The van der Waals surface area contributed by atoms with Crippen LogP contribution in [0.2, 0.25) is 0 Å². The van der Waals surface area contributed by atoms with E-state index in [1.54, 1.807) is 121 Å². The van der Waals surface area contributed by atoms with E-state index in [0.29, 0.717) is 60.6 Å². The van der Waals surface area contributed by atoms with Gasteiger partial charge in [-0.25, -0.2) is 16.8 Å². The van der Waals surface area contributed by atoms with Crippen LogP contribution in [0.4, 0.5) is 17.6 Å². The van der Waals surface area contributed by atoms with E-state index in [2.05, 4.69) is 31.7 Å². The van der Waals surface area contributed by atoms with Gasteiger partial charge in [-0.05, 0) is 258 Å². The second kappa shape index (κ2) is 45.1. The minimum Gasteiger partial charge on any atom is -0.508 e. The quantitative estimate of drug-likeness (QED) is 0.0304. The highest BCUT2D eigenvalue weighted by molar-refractivity contribution is 7.91. The maximum absolute atomic E-state index is 12.6. The van der Waals surface area contributed by atoms with Crippen LogP contribution in [0.25, 0.3) is 44.6 Å². The van der Waals surface area contributed by atoms with Crippen molar-refractivity contribution in [2.24, 2.45) is 23.7 Å². The molecule has 20 rings (SSSR count). The lowest BCUT2D eigenvalue weighted by atomic mass is 9.85. The lowest BCUT2D eigenvalue weighted by Gasteiger charge is -2.37. The second-order valence-corrected chi connectivity index (χ2v) is 41.7.